The summed E-state index contributed by atoms with van der Waals surface area (Å²) in [5, 5.41) is 9.25. The second-order valence-corrected chi connectivity index (χ2v) is 8.81. The Labute approximate surface area is 192 Å². The molecule has 2 atom stereocenters. The lowest BCUT2D eigenvalue weighted by molar-refractivity contribution is 0.255. The van der Waals surface area contributed by atoms with E-state index in [1.807, 2.05) is 11.3 Å². The molecule has 0 bridgehead atoms. The fraction of sp³-hybridized carbons (Fsp3) is 0.762. The quantitative estimate of drug-likeness (QED) is 0.296. The summed E-state index contributed by atoms with van der Waals surface area (Å²) >= 11 is 1.86. The number of rotatable bonds is 9. The standard InChI is InChI=1S/C21H37N5S.HI/c1-3-10-25-13-9-18(17-25)15-23-21(22-4-2)24-16-19(20-8-7-14-27-20)26-11-5-6-12-26;/h7-8,14,18-19H,3-6,9-13,15-17H2,1-2H3,(H2,22,23,24);1H. The Hall–Kier alpha value is -0.380. The van der Waals surface area contributed by atoms with Gasteiger partial charge in [-0.3, -0.25) is 9.89 Å². The van der Waals surface area contributed by atoms with Crippen LogP contribution in [0, 0.1) is 5.92 Å². The number of guanidine groups is 1. The van der Waals surface area contributed by atoms with Gasteiger partial charge in [0.1, 0.15) is 0 Å². The zero-order chi connectivity index (χ0) is 18.9. The first kappa shape index (κ1) is 23.9. The van der Waals surface area contributed by atoms with Crippen LogP contribution in [0.3, 0.4) is 0 Å². The fourth-order valence-electron chi connectivity index (χ4n) is 4.28. The number of halogens is 1. The third-order valence-electron chi connectivity index (χ3n) is 5.69. The van der Waals surface area contributed by atoms with Crippen molar-refractivity contribution in [2.45, 2.75) is 45.6 Å². The van der Waals surface area contributed by atoms with E-state index in [1.54, 1.807) is 0 Å². The van der Waals surface area contributed by atoms with Crippen LogP contribution in [0.5, 0.6) is 0 Å². The molecule has 1 aromatic rings. The molecule has 3 rings (SSSR count). The van der Waals surface area contributed by atoms with Crippen LogP contribution in [-0.2, 0) is 0 Å². The Bertz CT molecular complexity index is 559. The molecular formula is C21H38IN5S. The molecule has 0 radical (unpaired) electrons. The predicted octanol–water partition coefficient (Wildman–Crippen LogP) is 3.79. The van der Waals surface area contributed by atoms with Gasteiger partial charge in [0.15, 0.2) is 5.96 Å². The molecule has 5 nitrogen and oxygen atoms in total. The van der Waals surface area contributed by atoms with E-state index in [0.29, 0.717) is 6.04 Å². The lowest BCUT2D eigenvalue weighted by Crippen LogP contribution is -2.41. The van der Waals surface area contributed by atoms with Crippen LogP contribution < -0.4 is 10.6 Å². The average Bonchev–Trinajstić information content (AvgIpc) is 3.43. The normalized spacial score (nSPS) is 22.2. The van der Waals surface area contributed by atoms with E-state index in [0.717, 1.165) is 31.5 Å². The predicted molar refractivity (Wildman–Crippen MR) is 132 cm³/mol. The monoisotopic (exact) mass is 519 g/mol. The van der Waals surface area contributed by atoms with Crippen molar-refractivity contribution in [3.8, 4) is 0 Å². The first-order valence-electron chi connectivity index (χ1n) is 10.8. The zero-order valence-corrected chi connectivity index (χ0v) is 20.7. The van der Waals surface area contributed by atoms with Gasteiger partial charge < -0.3 is 15.5 Å². The van der Waals surface area contributed by atoms with E-state index in [1.165, 1.54) is 63.3 Å². The average molecular weight is 520 g/mol. The Morgan fingerprint density at radius 3 is 2.75 bits per heavy atom. The van der Waals surface area contributed by atoms with Crippen molar-refractivity contribution in [3.05, 3.63) is 22.4 Å². The lowest BCUT2D eigenvalue weighted by atomic mass is 10.1. The molecule has 0 amide bonds. The van der Waals surface area contributed by atoms with Crippen molar-refractivity contribution < 1.29 is 0 Å². The maximum absolute atomic E-state index is 4.98. The second kappa shape index (κ2) is 13.0. The molecule has 28 heavy (non-hydrogen) atoms. The molecule has 0 spiro atoms. The van der Waals surface area contributed by atoms with Crippen molar-refractivity contribution >= 4 is 41.3 Å². The van der Waals surface area contributed by atoms with E-state index in [4.69, 9.17) is 4.99 Å². The highest BCUT2D eigenvalue weighted by Gasteiger charge is 2.25. The van der Waals surface area contributed by atoms with Crippen LogP contribution in [0.25, 0.3) is 0 Å². The smallest absolute Gasteiger partial charge is 0.191 e. The highest BCUT2D eigenvalue weighted by Crippen LogP contribution is 2.28. The maximum Gasteiger partial charge on any atom is 0.191 e. The van der Waals surface area contributed by atoms with Crippen LogP contribution in [0.15, 0.2) is 22.5 Å². The third-order valence-corrected chi connectivity index (χ3v) is 6.66. The molecular weight excluding hydrogens is 481 g/mol. The third kappa shape index (κ3) is 7.15. The van der Waals surface area contributed by atoms with E-state index >= 15 is 0 Å². The van der Waals surface area contributed by atoms with Gasteiger partial charge in [0.2, 0.25) is 0 Å². The minimum Gasteiger partial charge on any atom is -0.357 e. The molecule has 3 heterocycles. The number of thiophene rings is 1. The second-order valence-electron chi connectivity index (χ2n) is 7.83. The molecule has 1 aromatic heterocycles. The van der Waals surface area contributed by atoms with Gasteiger partial charge in [0.05, 0.1) is 12.6 Å². The van der Waals surface area contributed by atoms with Gasteiger partial charge in [-0.1, -0.05) is 13.0 Å². The molecule has 0 aliphatic carbocycles. The Kier molecular flexibility index (Phi) is 11.1. The molecule has 7 heteroatoms. The van der Waals surface area contributed by atoms with Gasteiger partial charge in [0, 0.05) is 24.5 Å². The summed E-state index contributed by atoms with van der Waals surface area (Å²) in [6.45, 7) is 13.3. The molecule has 2 fully saturated rings. The summed E-state index contributed by atoms with van der Waals surface area (Å²) < 4.78 is 0. The molecule has 2 aliphatic rings. The van der Waals surface area contributed by atoms with Gasteiger partial charge in [-0.2, -0.15) is 0 Å². The van der Waals surface area contributed by atoms with Crippen molar-refractivity contribution in [1.82, 2.24) is 20.4 Å². The van der Waals surface area contributed by atoms with Crippen LogP contribution in [0.1, 0.15) is 50.4 Å². The first-order chi connectivity index (χ1) is 13.3. The molecule has 0 saturated carbocycles. The number of likely N-dealkylation sites (tertiary alicyclic amines) is 2. The van der Waals surface area contributed by atoms with Crippen LogP contribution in [0.4, 0.5) is 0 Å². The largest absolute Gasteiger partial charge is 0.357 e. The summed E-state index contributed by atoms with van der Waals surface area (Å²) in [6, 6.07) is 4.86. The van der Waals surface area contributed by atoms with Crippen LogP contribution in [-0.4, -0.2) is 68.1 Å². The van der Waals surface area contributed by atoms with Gasteiger partial charge >= 0.3 is 0 Å². The highest BCUT2D eigenvalue weighted by atomic mass is 127. The van der Waals surface area contributed by atoms with Crippen LogP contribution in [0.2, 0.25) is 0 Å². The number of hydrogen-bond donors (Lipinski definition) is 2. The van der Waals surface area contributed by atoms with Gasteiger partial charge in [-0.05, 0) is 76.2 Å². The number of aliphatic imine (C=N–C) groups is 1. The number of nitrogens with one attached hydrogen (secondary N) is 2. The Morgan fingerprint density at radius 1 is 1.25 bits per heavy atom. The summed E-state index contributed by atoms with van der Waals surface area (Å²) in [7, 11) is 0. The van der Waals surface area contributed by atoms with Crippen molar-refractivity contribution in [2.75, 3.05) is 52.4 Å². The molecule has 2 N–H and O–H groups in total. The molecule has 2 aliphatic heterocycles. The molecule has 2 unspecified atom stereocenters. The topological polar surface area (TPSA) is 42.9 Å². The van der Waals surface area contributed by atoms with E-state index in [-0.39, 0.29) is 24.0 Å². The first-order valence-corrected chi connectivity index (χ1v) is 11.7. The molecule has 2 saturated heterocycles. The van der Waals surface area contributed by atoms with E-state index in [9.17, 15) is 0 Å². The Morgan fingerprint density at radius 2 is 2.07 bits per heavy atom. The van der Waals surface area contributed by atoms with Gasteiger partial charge in [-0.25, -0.2) is 0 Å². The minimum absolute atomic E-state index is 0. The summed E-state index contributed by atoms with van der Waals surface area (Å²) in [4.78, 5) is 11.6. The van der Waals surface area contributed by atoms with Crippen molar-refractivity contribution in [2.24, 2.45) is 10.9 Å². The zero-order valence-electron chi connectivity index (χ0n) is 17.5. The van der Waals surface area contributed by atoms with Crippen molar-refractivity contribution in [3.63, 3.8) is 0 Å². The highest BCUT2D eigenvalue weighted by molar-refractivity contribution is 14.0. The van der Waals surface area contributed by atoms with E-state index in [2.05, 4.69) is 51.8 Å². The maximum atomic E-state index is 4.98. The lowest BCUT2D eigenvalue weighted by Gasteiger charge is -2.25. The summed E-state index contributed by atoms with van der Waals surface area (Å²) in [5.41, 5.74) is 0. The number of hydrogen-bond acceptors (Lipinski definition) is 4. The van der Waals surface area contributed by atoms with E-state index < -0.39 is 0 Å². The SMILES string of the molecule is CCCN1CCC(CNC(=NCC(c2cccs2)N2CCCC2)NCC)C1.I. The van der Waals surface area contributed by atoms with Crippen LogP contribution >= 0.6 is 35.3 Å². The fourth-order valence-corrected chi connectivity index (χ4v) is 5.13. The van der Waals surface area contributed by atoms with Gasteiger partial charge in [0.25, 0.3) is 0 Å². The van der Waals surface area contributed by atoms with Crippen molar-refractivity contribution in [1.29, 1.82) is 0 Å². The summed E-state index contributed by atoms with van der Waals surface area (Å²) in [6.07, 6.45) is 5.20. The molecule has 160 valence electrons. The minimum atomic E-state index is 0. The summed E-state index contributed by atoms with van der Waals surface area (Å²) in [5.74, 6) is 1.72. The van der Waals surface area contributed by atoms with Gasteiger partial charge in [-0.15, -0.1) is 35.3 Å². The number of nitrogens with zero attached hydrogens (tertiary/aromatic N) is 3. The molecule has 0 aromatic carbocycles. The Balaban J connectivity index is 0.00000280.